The van der Waals surface area contributed by atoms with Crippen molar-refractivity contribution in [1.82, 2.24) is 0 Å². The number of ether oxygens (including phenoxy) is 2. The summed E-state index contributed by atoms with van der Waals surface area (Å²) in [6.07, 6.45) is 0. The van der Waals surface area contributed by atoms with Crippen LogP contribution in [-0.2, 0) is 10.0 Å². The molecule has 0 saturated heterocycles. The van der Waals surface area contributed by atoms with Crippen LogP contribution in [0.3, 0.4) is 0 Å². The lowest BCUT2D eigenvalue weighted by Crippen LogP contribution is -2.18. The van der Waals surface area contributed by atoms with Gasteiger partial charge in [-0.05, 0) is 12.1 Å². The number of benzene rings is 1. The molecule has 0 aromatic heterocycles. The number of nitrogens with one attached hydrogen (secondary N) is 1. The molecule has 0 unspecified atom stereocenters. The van der Waals surface area contributed by atoms with Gasteiger partial charge in [0.05, 0.1) is 32.3 Å². The topological polar surface area (TPSA) is 84.9 Å². The number of sulfonamides is 1. The molecular formula is C10H15NO5S. The van der Waals surface area contributed by atoms with E-state index in [2.05, 4.69) is 4.72 Å². The van der Waals surface area contributed by atoms with Gasteiger partial charge in [0, 0.05) is 6.07 Å². The molecule has 2 N–H and O–H groups in total. The SMILES string of the molecule is COc1ccc(NS(=O)(=O)CCO)cc1OC. The molecule has 7 heteroatoms. The molecule has 96 valence electrons. The van der Waals surface area contributed by atoms with Gasteiger partial charge in [-0.25, -0.2) is 8.42 Å². The molecular weight excluding hydrogens is 246 g/mol. The lowest BCUT2D eigenvalue weighted by atomic mass is 10.3. The largest absolute Gasteiger partial charge is 0.493 e. The van der Waals surface area contributed by atoms with E-state index < -0.39 is 16.6 Å². The van der Waals surface area contributed by atoms with Gasteiger partial charge in [-0.2, -0.15) is 0 Å². The Bertz CT molecular complexity index is 472. The third-order valence-corrected chi connectivity index (χ3v) is 3.28. The van der Waals surface area contributed by atoms with Gasteiger partial charge in [0.2, 0.25) is 10.0 Å². The number of hydrogen-bond acceptors (Lipinski definition) is 5. The molecule has 0 aliphatic carbocycles. The van der Waals surface area contributed by atoms with Crippen molar-refractivity contribution in [3.63, 3.8) is 0 Å². The van der Waals surface area contributed by atoms with Crippen LogP contribution in [0.4, 0.5) is 5.69 Å². The number of aliphatic hydroxyl groups excluding tert-OH is 1. The third kappa shape index (κ3) is 3.79. The Morgan fingerprint density at radius 1 is 1.24 bits per heavy atom. The molecule has 1 rings (SSSR count). The summed E-state index contributed by atoms with van der Waals surface area (Å²) < 4.78 is 35.2. The van der Waals surface area contributed by atoms with E-state index in [1.54, 1.807) is 12.1 Å². The van der Waals surface area contributed by atoms with Crippen LogP contribution < -0.4 is 14.2 Å². The van der Waals surface area contributed by atoms with Gasteiger partial charge in [-0.3, -0.25) is 4.72 Å². The fourth-order valence-corrected chi connectivity index (χ4v) is 2.08. The summed E-state index contributed by atoms with van der Waals surface area (Å²) in [6, 6.07) is 4.65. The van der Waals surface area contributed by atoms with E-state index in [4.69, 9.17) is 14.6 Å². The average molecular weight is 261 g/mol. The molecule has 0 radical (unpaired) electrons. The van der Waals surface area contributed by atoms with Crippen LogP contribution in [0.25, 0.3) is 0 Å². The zero-order valence-corrected chi connectivity index (χ0v) is 10.5. The molecule has 0 spiro atoms. The highest BCUT2D eigenvalue weighted by atomic mass is 32.2. The first-order valence-corrected chi connectivity index (χ1v) is 6.51. The summed E-state index contributed by atoms with van der Waals surface area (Å²) in [4.78, 5) is 0. The van der Waals surface area contributed by atoms with Crippen molar-refractivity contribution in [2.75, 3.05) is 31.3 Å². The summed E-state index contributed by atoms with van der Waals surface area (Å²) in [7, 11) is -0.570. The molecule has 0 amide bonds. The van der Waals surface area contributed by atoms with Gasteiger partial charge in [0.15, 0.2) is 11.5 Å². The van der Waals surface area contributed by atoms with Gasteiger partial charge in [-0.1, -0.05) is 0 Å². The zero-order chi connectivity index (χ0) is 12.9. The zero-order valence-electron chi connectivity index (χ0n) is 9.63. The number of rotatable bonds is 6. The maximum Gasteiger partial charge on any atom is 0.234 e. The molecule has 0 bridgehead atoms. The second-order valence-corrected chi connectivity index (χ2v) is 5.06. The molecule has 0 aliphatic rings. The molecule has 1 aromatic rings. The van der Waals surface area contributed by atoms with Crippen LogP contribution >= 0.6 is 0 Å². The molecule has 0 heterocycles. The molecule has 0 atom stereocenters. The van der Waals surface area contributed by atoms with Crippen molar-refractivity contribution in [2.45, 2.75) is 0 Å². The second kappa shape index (κ2) is 5.74. The summed E-state index contributed by atoms with van der Waals surface area (Å²) in [5.41, 5.74) is 0.358. The minimum atomic E-state index is -3.53. The molecule has 0 aliphatic heterocycles. The van der Waals surface area contributed by atoms with Crippen LogP contribution in [0.1, 0.15) is 0 Å². The molecule has 0 saturated carbocycles. The van der Waals surface area contributed by atoms with Crippen LogP contribution in [0, 0.1) is 0 Å². The Kier molecular flexibility index (Phi) is 4.59. The Morgan fingerprint density at radius 2 is 1.88 bits per heavy atom. The molecule has 0 fully saturated rings. The monoisotopic (exact) mass is 261 g/mol. The fourth-order valence-electron chi connectivity index (χ4n) is 1.25. The number of aliphatic hydroxyl groups is 1. The Balaban J connectivity index is 2.93. The second-order valence-electron chi connectivity index (χ2n) is 3.21. The highest BCUT2D eigenvalue weighted by Gasteiger charge is 2.11. The maximum absolute atomic E-state index is 11.4. The molecule has 6 nitrogen and oxygen atoms in total. The summed E-state index contributed by atoms with van der Waals surface area (Å²) >= 11 is 0. The van der Waals surface area contributed by atoms with Crippen molar-refractivity contribution in [2.24, 2.45) is 0 Å². The smallest absolute Gasteiger partial charge is 0.234 e. The van der Waals surface area contributed by atoms with E-state index in [0.717, 1.165) is 0 Å². The number of hydrogen-bond donors (Lipinski definition) is 2. The van der Waals surface area contributed by atoms with E-state index in [1.165, 1.54) is 20.3 Å². The average Bonchev–Trinajstić information content (AvgIpc) is 2.28. The van der Waals surface area contributed by atoms with Crippen molar-refractivity contribution >= 4 is 15.7 Å². The first kappa shape index (κ1) is 13.6. The standard InChI is InChI=1S/C10H15NO5S/c1-15-9-4-3-8(7-10(9)16-2)11-17(13,14)6-5-12/h3-4,7,11-12H,5-6H2,1-2H3. The number of methoxy groups -OCH3 is 2. The quantitative estimate of drug-likeness (QED) is 0.776. The van der Waals surface area contributed by atoms with Gasteiger partial charge >= 0.3 is 0 Å². The normalized spacial score (nSPS) is 11.0. The minimum Gasteiger partial charge on any atom is -0.493 e. The van der Waals surface area contributed by atoms with Crippen LogP contribution in [0.5, 0.6) is 11.5 Å². The minimum absolute atomic E-state index is 0.346. The van der Waals surface area contributed by atoms with Crippen molar-refractivity contribution in [1.29, 1.82) is 0 Å². The van der Waals surface area contributed by atoms with Crippen molar-refractivity contribution in [3.05, 3.63) is 18.2 Å². The molecule has 1 aromatic carbocycles. The van der Waals surface area contributed by atoms with Crippen molar-refractivity contribution in [3.8, 4) is 11.5 Å². The van der Waals surface area contributed by atoms with Crippen LogP contribution in [0.2, 0.25) is 0 Å². The van der Waals surface area contributed by atoms with Crippen molar-refractivity contribution < 1.29 is 23.0 Å². The van der Waals surface area contributed by atoms with Gasteiger partial charge < -0.3 is 14.6 Å². The lowest BCUT2D eigenvalue weighted by Gasteiger charge is -2.11. The van der Waals surface area contributed by atoms with Crippen LogP contribution in [0.15, 0.2) is 18.2 Å². The Labute approximate surface area is 100 Å². The fraction of sp³-hybridized carbons (Fsp3) is 0.400. The van der Waals surface area contributed by atoms with E-state index in [1.807, 2.05) is 0 Å². The summed E-state index contributed by atoms with van der Waals surface area (Å²) in [5.74, 6) is 0.593. The van der Waals surface area contributed by atoms with E-state index in [9.17, 15) is 8.42 Å². The van der Waals surface area contributed by atoms with Gasteiger partial charge in [0.1, 0.15) is 0 Å². The predicted molar refractivity (Wildman–Crippen MR) is 64.0 cm³/mol. The Hall–Kier alpha value is -1.47. The first-order valence-electron chi connectivity index (χ1n) is 4.86. The number of anilines is 1. The third-order valence-electron chi connectivity index (χ3n) is 2.02. The lowest BCUT2D eigenvalue weighted by molar-refractivity contribution is 0.320. The first-order chi connectivity index (χ1) is 8.02. The highest BCUT2D eigenvalue weighted by molar-refractivity contribution is 7.92. The summed E-state index contributed by atoms with van der Waals surface area (Å²) in [6.45, 7) is -0.428. The highest BCUT2D eigenvalue weighted by Crippen LogP contribution is 2.30. The van der Waals surface area contributed by atoms with Crippen LogP contribution in [-0.4, -0.2) is 40.1 Å². The molecule has 17 heavy (non-hydrogen) atoms. The predicted octanol–water partition coefficient (Wildman–Crippen LogP) is 0.438. The van der Waals surface area contributed by atoms with E-state index in [0.29, 0.717) is 17.2 Å². The van der Waals surface area contributed by atoms with Gasteiger partial charge in [-0.15, -0.1) is 0 Å². The Morgan fingerprint density at radius 3 is 2.41 bits per heavy atom. The van der Waals surface area contributed by atoms with E-state index >= 15 is 0 Å². The van der Waals surface area contributed by atoms with E-state index in [-0.39, 0.29) is 5.75 Å². The maximum atomic E-state index is 11.4. The van der Waals surface area contributed by atoms with Gasteiger partial charge in [0.25, 0.3) is 0 Å². The summed E-state index contributed by atoms with van der Waals surface area (Å²) in [5, 5.41) is 8.60.